The predicted octanol–water partition coefficient (Wildman–Crippen LogP) is 1.66. The van der Waals surface area contributed by atoms with Crippen LogP contribution in [0.5, 0.6) is 0 Å². The summed E-state index contributed by atoms with van der Waals surface area (Å²) in [6, 6.07) is 0. The van der Waals surface area contributed by atoms with E-state index >= 15 is 0 Å². The van der Waals surface area contributed by atoms with Crippen LogP contribution >= 0.6 is 0 Å². The van der Waals surface area contributed by atoms with E-state index in [1.165, 1.54) is 0 Å². The van der Waals surface area contributed by atoms with E-state index in [-0.39, 0.29) is 18.5 Å². The number of esters is 1. The molecule has 1 aliphatic carbocycles. The first kappa shape index (κ1) is 11.2. The molecule has 80 valence electrons. The molecular formula is C11H18O3. The zero-order valence-corrected chi connectivity index (χ0v) is 8.77. The zero-order chi connectivity index (χ0) is 10.6. The number of carbonyl (C=O) groups excluding carboxylic acids is 1. The number of hydrogen-bond donors (Lipinski definition) is 1. The molecule has 0 heterocycles. The highest BCUT2D eigenvalue weighted by molar-refractivity contribution is 5.70. The fourth-order valence-electron chi connectivity index (χ4n) is 1.55. The lowest BCUT2D eigenvalue weighted by Gasteiger charge is -2.25. The molecule has 0 fully saturated rings. The summed E-state index contributed by atoms with van der Waals surface area (Å²) in [6.07, 6.45) is 5.39. The van der Waals surface area contributed by atoms with E-state index in [4.69, 9.17) is 9.84 Å². The highest BCUT2D eigenvalue weighted by atomic mass is 16.5. The predicted molar refractivity (Wildman–Crippen MR) is 53.7 cm³/mol. The first-order valence-electron chi connectivity index (χ1n) is 5.12. The van der Waals surface area contributed by atoms with Crippen LogP contribution in [0, 0.1) is 5.92 Å². The van der Waals surface area contributed by atoms with E-state index in [2.05, 4.69) is 13.0 Å². The Balaban J connectivity index is 2.35. The Bertz CT molecular complexity index is 221. The summed E-state index contributed by atoms with van der Waals surface area (Å²) in [7, 11) is 0. The van der Waals surface area contributed by atoms with E-state index < -0.39 is 6.10 Å². The SMILES string of the molecule is CC(O)CC(=O)OC1CC=CCC1C. The maximum atomic E-state index is 11.3. The Hall–Kier alpha value is -0.830. The lowest BCUT2D eigenvalue weighted by atomic mass is 9.93. The van der Waals surface area contributed by atoms with Crippen molar-refractivity contribution in [2.75, 3.05) is 0 Å². The van der Waals surface area contributed by atoms with Crippen molar-refractivity contribution in [2.45, 2.75) is 45.3 Å². The smallest absolute Gasteiger partial charge is 0.308 e. The molecule has 0 aromatic heterocycles. The molecule has 0 aromatic rings. The molecule has 0 saturated carbocycles. The maximum Gasteiger partial charge on any atom is 0.308 e. The number of carbonyl (C=O) groups is 1. The van der Waals surface area contributed by atoms with Crippen LogP contribution in [0.15, 0.2) is 12.2 Å². The fraction of sp³-hybridized carbons (Fsp3) is 0.727. The van der Waals surface area contributed by atoms with Crippen molar-refractivity contribution >= 4 is 5.97 Å². The van der Waals surface area contributed by atoms with Crippen molar-refractivity contribution in [1.29, 1.82) is 0 Å². The average molecular weight is 198 g/mol. The van der Waals surface area contributed by atoms with Crippen molar-refractivity contribution in [2.24, 2.45) is 5.92 Å². The van der Waals surface area contributed by atoms with Crippen LogP contribution in [-0.4, -0.2) is 23.3 Å². The van der Waals surface area contributed by atoms with Gasteiger partial charge in [-0.3, -0.25) is 4.79 Å². The molecule has 3 unspecified atom stereocenters. The van der Waals surface area contributed by atoms with E-state index in [1.807, 2.05) is 6.08 Å². The second-order valence-electron chi connectivity index (χ2n) is 4.00. The van der Waals surface area contributed by atoms with Gasteiger partial charge in [-0.25, -0.2) is 0 Å². The standard InChI is InChI=1S/C11H18O3/c1-8-5-3-4-6-10(8)14-11(13)7-9(2)12/h3-4,8-10,12H,5-7H2,1-2H3. The van der Waals surface area contributed by atoms with Crippen molar-refractivity contribution < 1.29 is 14.6 Å². The quantitative estimate of drug-likeness (QED) is 0.554. The summed E-state index contributed by atoms with van der Waals surface area (Å²) >= 11 is 0. The second kappa shape index (κ2) is 5.15. The normalized spacial score (nSPS) is 28.5. The molecule has 0 spiro atoms. The Morgan fingerprint density at radius 3 is 2.79 bits per heavy atom. The fourth-order valence-corrected chi connectivity index (χ4v) is 1.55. The Kier molecular flexibility index (Phi) is 4.14. The Morgan fingerprint density at radius 1 is 1.57 bits per heavy atom. The molecule has 3 nitrogen and oxygen atoms in total. The van der Waals surface area contributed by atoms with Gasteiger partial charge < -0.3 is 9.84 Å². The van der Waals surface area contributed by atoms with Crippen LogP contribution in [0.2, 0.25) is 0 Å². The van der Waals surface area contributed by atoms with Crippen LogP contribution in [0.25, 0.3) is 0 Å². The van der Waals surface area contributed by atoms with Crippen molar-refractivity contribution in [3.8, 4) is 0 Å². The lowest BCUT2D eigenvalue weighted by Crippen LogP contribution is -2.27. The van der Waals surface area contributed by atoms with Gasteiger partial charge in [-0.2, -0.15) is 0 Å². The van der Waals surface area contributed by atoms with Gasteiger partial charge in [0.05, 0.1) is 12.5 Å². The number of aliphatic hydroxyl groups excluding tert-OH is 1. The third-order valence-corrected chi connectivity index (χ3v) is 2.42. The number of allylic oxidation sites excluding steroid dienone is 1. The molecule has 0 saturated heterocycles. The molecule has 1 rings (SSSR count). The molecule has 1 aliphatic rings. The van der Waals surface area contributed by atoms with E-state index in [0.29, 0.717) is 5.92 Å². The minimum absolute atomic E-state index is 0.00810. The molecule has 3 heteroatoms. The van der Waals surface area contributed by atoms with Gasteiger partial charge in [0, 0.05) is 6.42 Å². The largest absolute Gasteiger partial charge is 0.462 e. The minimum atomic E-state index is -0.614. The van der Waals surface area contributed by atoms with E-state index in [0.717, 1.165) is 12.8 Å². The van der Waals surface area contributed by atoms with Crippen LogP contribution in [0.4, 0.5) is 0 Å². The van der Waals surface area contributed by atoms with Gasteiger partial charge in [0.1, 0.15) is 6.10 Å². The van der Waals surface area contributed by atoms with Gasteiger partial charge in [0.25, 0.3) is 0 Å². The average Bonchev–Trinajstić information content (AvgIpc) is 2.07. The van der Waals surface area contributed by atoms with Crippen LogP contribution < -0.4 is 0 Å². The summed E-state index contributed by atoms with van der Waals surface area (Å²) in [5.41, 5.74) is 0. The van der Waals surface area contributed by atoms with Gasteiger partial charge in [0.15, 0.2) is 0 Å². The number of ether oxygens (including phenoxy) is 1. The minimum Gasteiger partial charge on any atom is -0.462 e. The van der Waals surface area contributed by atoms with Crippen LogP contribution in [0.3, 0.4) is 0 Å². The zero-order valence-electron chi connectivity index (χ0n) is 8.77. The van der Waals surface area contributed by atoms with E-state index in [9.17, 15) is 4.79 Å². The first-order chi connectivity index (χ1) is 6.59. The van der Waals surface area contributed by atoms with Crippen molar-refractivity contribution in [3.63, 3.8) is 0 Å². The van der Waals surface area contributed by atoms with Crippen molar-refractivity contribution in [1.82, 2.24) is 0 Å². The Labute approximate surface area is 84.8 Å². The number of hydrogen-bond acceptors (Lipinski definition) is 3. The molecule has 0 aliphatic heterocycles. The lowest BCUT2D eigenvalue weighted by molar-refractivity contribution is -0.153. The molecular weight excluding hydrogens is 180 g/mol. The molecule has 14 heavy (non-hydrogen) atoms. The highest BCUT2D eigenvalue weighted by Gasteiger charge is 2.22. The van der Waals surface area contributed by atoms with Gasteiger partial charge in [-0.1, -0.05) is 19.1 Å². The summed E-state index contributed by atoms with van der Waals surface area (Å²) in [6.45, 7) is 3.66. The van der Waals surface area contributed by atoms with E-state index in [1.54, 1.807) is 6.92 Å². The summed E-state index contributed by atoms with van der Waals surface area (Å²) in [4.78, 5) is 11.3. The molecule has 3 atom stereocenters. The third kappa shape index (κ3) is 3.50. The highest BCUT2D eigenvalue weighted by Crippen LogP contribution is 2.21. The second-order valence-corrected chi connectivity index (χ2v) is 4.00. The monoisotopic (exact) mass is 198 g/mol. The topological polar surface area (TPSA) is 46.5 Å². The van der Waals surface area contributed by atoms with Crippen LogP contribution in [-0.2, 0) is 9.53 Å². The Morgan fingerprint density at radius 2 is 2.21 bits per heavy atom. The van der Waals surface area contributed by atoms with Gasteiger partial charge in [-0.15, -0.1) is 0 Å². The van der Waals surface area contributed by atoms with Crippen LogP contribution in [0.1, 0.15) is 33.1 Å². The molecule has 1 N–H and O–H groups in total. The summed E-state index contributed by atoms with van der Waals surface area (Å²) < 4.78 is 5.26. The molecule has 0 aromatic carbocycles. The molecule has 0 amide bonds. The number of rotatable bonds is 3. The summed E-state index contributed by atoms with van der Waals surface area (Å²) in [5.74, 6) is 0.0881. The first-order valence-corrected chi connectivity index (χ1v) is 5.12. The third-order valence-electron chi connectivity index (χ3n) is 2.42. The number of aliphatic hydroxyl groups is 1. The van der Waals surface area contributed by atoms with Gasteiger partial charge in [0.2, 0.25) is 0 Å². The van der Waals surface area contributed by atoms with Gasteiger partial charge in [-0.05, 0) is 19.3 Å². The maximum absolute atomic E-state index is 11.3. The van der Waals surface area contributed by atoms with Crippen molar-refractivity contribution in [3.05, 3.63) is 12.2 Å². The van der Waals surface area contributed by atoms with Gasteiger partial charge >= 0.3 is 5.97 Å². The molecule has 0 radical (unpaired) electrons. The summed E-state index contributed by atoms with van der Waals surface area (Å²) in [5, 5.41) is 9.00. The molecule has 0 bridgehead atoms.